The molecular weight excluding hydrogens is 392 g/mol. The molecule has 148 valence electrons. The largest absolute Gasteiger partial charge is 0.339 e. The molecule has 1 saturated heterocycles. The number of piperidine rings is 1. The lowest BCUT2D eigenvalue weighted by Crippen LogP contribution is -2.41. The lowest BCUT2D eigenvalue weighted by atomic mass is 9.95. The summed E-state index contributed by atoms with van der Waals surface area (Å²) in [6, 6.07) is 14.2. The minimum atomic E-state index is -0.122. The Balaban J connectivity index is 1.31. The summed E-state index contributed by atoms with van der Waals surface area (Å²) in [5.74, 6) is -0.180. The fourth-order valence-corrected chi connectivity index (χ4v) is 3.47. The minimum Gasteiger partial charge on any atom is -0.339 e. The first-order valence-electron chi connectivity index (χ1n) is 9.29. The number of halogens is 1. The fourth-order valence-electron chi connectivity index (χ4n) is 3.34. The quantitative estimate of drug-likeness (QED) is 0.713. The molecule has 3 aromatic rings. The molecule has 9 heteroatoms. The zero-order chi connectivity index (χ0) is 20.2. The molecule has 0 unspecified atom stereocenters. The molecule has 29 heavy (non-hydrogen) atoms. The van der Waals surface area contributed by atoms with Gasteiger partial charge in [0.15, 0.2) is 0 Å². The van der Waals surface area contributed by atoms with Crippen molar-refractivity contribution in [3.8, 4) is 5.69 Å². The highest BCUT2D eigenvalue weighted by atomic mass is 35.5. The normalized spacial score (nSPS) is 14.6. The zero-order valence-electron chi connectivity index (χ0n) is 15.5. The third kappa shape index (κ3) is 4.43. The molecule has 0 aliphatic carbocycles. The molecule has 2 aromatic carbocycles. The Bertz CT molecular complexity index is 981. The van der Waals surface area contributed by atoms with E-state index in [0.717, 1.165) is 5.69 Å². The Morgan fingerprint density at radius 3 is 2.31 bits per heavy atom. The number of hydrogen-bond donors (Lipinski definition) is 1. The fraction of sp³-hybridized carbons (Fsp3) is 0.250. The summed E-state index contributed by atoms with van der Waals surface area (Å²) < 4.78 is 1.54. The van der Waals surface area contributed by atoms with Gasteiger partial charge in [-0.15, -0.1) is 5.10 Å². The summed E-state index contributed by atoms with van der Waals surface area (Å²) in [4.78, 5) is 27.0. The Morgan fingerprint density at radius 1 is 1.00 bits per heavy atom. The first-order chi connectivity index (χ1) is 14.1. The maximum atomic E-state index is 12.6. The van der Waals surface area contributed by atoms with Gasteiger partial charge in [0, 0.05) is 35.3 Å². The van der Waals surface area contributed by atoms with Gasteiger partial charge in [-0.3, -0.25) is 9.59 Å². The van der Waals surface area contributed by atoms with E-state index in [-0.39, 0.29) is 17.7 Å². The summed E-state index contributed by atoms with van der Waals surface area (Å²) in [5.41, 5.74) is 2.13. The van der Waals surface area contributed by atoms with E-state index in [2.05, 4.69) is 20.8 Å². The zero-order valence-corrected chi connectivity index (χ0v) is 16.3. The number of aromatic nitrogens is 4. The number of amides is 2. The number of carbonyl (C=O) groups is 2. The number of anilines is 1. The smallest absolute Gasteiger partial charge is 0.253 e. The van der Waals surface area contributed by atoms with Crippen LogP contribution in [0.5, 0.6) is 0 Å². The second-order valence-corrected chi connectivity index (χ2v) is 7.30. The molecule has 1 aromatic heterocycles. The van der Waals surface area contributed by atoms with Crippen LogP contribution in [-0.2, 0) is 4.79 Å². The topological polar surface area (TPSA) is 93.0 Å². The monoisotopic (exact) mass is 410 g/mol. The van der Waals surface area contributed by atoms with Gasteiger partial charge in [0.2, 0.25) is 5.91 Å². The van der Waals surface area contributed by atoms with Crippen molar-refractivity contribution in [2.24, 2.45) is 5.92 Å². The average molecular weight is 411 g/mol. The van der Waals surface area contributed by atoms with E-state index in [1.54, 1.807) is 33.8 Å². The van der Waals surface area contributed by atoms with E-state index in [1.807, 2.05) is 24.3 Å². The van der Waals surface area contributed by atoms with E-state index in [1.165, 1.54) is 6.33 Å². The van der Waals surface area contributed by atoms with E-state index in [4.69, 9.17) is 11.6 Å². The predicted molar refractivity (Wildman–Crippen MR) is 108 cm³/mol. The van der Waals surface area contributed by atoms with Crippen molar-refractivity contribution < 1.29 is 9.59 Å². The van der Waals surface area contributed by atoms with Gasteiger partial charge in [-0.05, 0) is 71.8 Å². The summed E-state index contributed by atoms with van der Waals surface area (Å²) in [6.45, 7) is 1.11. The van der Waals surface area contributed by atoms with Gasteiger partial charge in [-0.1, -0.05) is 11.6 Å². The van der Waals surface area contributed by atoms with Gasteiger partial charge in [-0.25, -0.2) is 4.68 Å². The average Bonchev–Trinajstić information content (AvgIpc) is 3.29. The standard InChI is InChI=1S/C20H19ClN6O2/c21-16-3-1-15(2-4-16)20(29)26-11-9-14(10-12-26)19(28)23-17-5-7-18(8-6-17)27-13-22-24-25-27/h1-8,13-14H,9-12H2,(H,23,28). The number of nitrogens with one attached hydrogen (secondary N) is 1. The van der Waals surface area contributed by atoms with Gasteiger partial charge in [-0.2, -0.15) is 0 Å². The molecule has 1 fully saturated rings. The summed E-state index contributed by atoms with van der Waals surface area (Å²) in [5, 5.41) is 14.6. The highest BCUT2D eigenvalue weighted by Gasteiger charge is 2.27. The van der Waals surface area contributed by atoms with E-state index in [0.29, 0.717) is 42.2 Å². The number of likely N-dealkylation sites (tertiary alicyclic amines) is 1. The molecule has 4 rings (SSSR count). The minimum absolute atomic E-state index is 0.0289. The van der Waals surface area contributed by atoms with Crippen LogP contribution in [0.25, 0.3) is 5.69 Å². The molecule has 0 bridgehead atoms. The highest BCUT2D eigenvalue weighted by Crippen LogP contribution is 2.22. The maximum absolute atomic E-state index is 12.6. The van der Waals surface area contributed by atoms with Crippen molar-refractivity contribution in [2.75, 3.05) is 18.4 Å². The van der Waals surface area contributed by atoms with Crippen molar-refractivity contribution in [3.63, 3.8) is 0 Å². The summed E-state index contributed by atoms with van der Waals surface area (Å²) >= 11 is 5.88. The van der Waals surface area contributed by atoms with Gasteiger partial charge in [0.25, 0.3) is 5.91 Å². The number of carbonyl (C=O) groups excluding carboxylic acids is 2. The molecule has 1 aliphatic rings. The second kappa shape index (κ2) is 8.40. The Morgan fingerprint density at radius 2 is 1.69 bits per heavy atom. The maximum Gasteiger partial charge on any atom is 0.253 e. The molecule has 2 heterocycles. The van der Waals surface area contributed by atoms with Crippen LogP contribution in [0.4, 0.5) is 5.69 Å². The molecule has 0 saturated carbocycles. The molecule has 0 radical (unpaired) electrons. The van der Waals surface area contributed by atoms with E-state index < -0.39 is 0 Å². The van der Waals surface area contributed by atoms with Crippen LogP contribution in [0.1, 0.15) is 23.2 Å². The van der Waals surface area contributed by atoms with Crippen LogP contribution in [0, 0.1) is 5.92 Å². The third-order valence-corrected chi connectivity index (χ3v) is 5.24. The number of tetrazole rings is 1. The molecule has 1 N–H and O–H groups in total. The van der Waals surface area contributed by atoms with E-state index >= 15 is 0 Å². The summed E-state index contributed by atoms with van der Waals surface area (Å²) in [7, 11) is 0. The molecule has 8 nitrogen and oxygen atoms in total. The summed E-state index contributed by atoms with van der Waals surface area (Å²) in [6.07, 6.45) is 2.77. The number of nitrogens with zero attached hydrogens (tertiary/aromatic N) is 5. The van der Waals surface area contributed by atoms with Gasteiger partial charge >= 0.3 is 0 Å². The van der Waals surface area contributed by atoms with Crippen LogP contribution in [0.2, 0.25) is 5.02 Å². The van der Waals surface area contributed by atoms with Crippen molar-refractivity contribution in [2.45, 2.75) is 12.8 Å². The molecular formula is C20H19ClN6O2. The lowest BCUT2D eigenvalue weighted by molar-refractivity contribution is -0.121. The van der Waals surface area contributed by atoms with E-state index in [9.17, 15) is 9.59 Å². The Kier molecular flexibility index (Phi) is 5.53. The first kappa shape index (κ1) is 19.1. The second-order valence-electron chi connectivity index (χ2n) is 6.86. The SMILES string of the molecule is O=C(Nc1ccc(-n2cnnn2)cc1)C1CCN(C(=O)c2ccc(Cl)cc2)CC1. The highest BCUT2D eigenvalue weighted by molar-refractivity contribution is 6.30. The number of benzene rings is 2. The molecule has 0 atom stereocenters. The Labute approximate surface area is 172 Å². The number of hydrogen-bond acceptors (Lipinski definition) is 5. The van der Waals surface area contributed by atoms with Crippen molar-refractivity contribution >= 4 is 29.1 Å². The predicted octanol–water partition coefficient (Wildman–Crippen LogP) is 2.81. The van der Waals surface area contributed by atoms with Gasteiger partial charge in [0.05, 0.1) is 5.69 Å². The van der Waals surface area contributed by atoms with Crippen LogP contribution in [0.15, 0.2) is 54.9 Å². The van der Waals surface area contributed by atoms with Crippen molar-refractivity contribution in [3.05, 3.63) is 65.4 Å². The van der Waals surface area contributed by atoms with Crippen molar-refractivity contribution in [1.82, 2.24) is 25.1 Å². The Hall–Kier alpha value is -3.26. The van der Waals surface area contributed by atoms with Crippen molar-refractivity contribution in [1.29, 1.82) is 0 Å². The van der Waals surface area contributed by atoms with Crippen LogP contribution in [-0.4, -0.2) is 50.0 Å². The van der Waals surface area contributed by atoms with Crippen LogP contribution in [0.3, 0.4) is 0 Å². The molecule has 2 amide bonds. The lowest BCUT2D eigenvalue weighted by Gasteiger charge is -2.31. The van der Waals surface area contributed by atoms with Gasteiger partial charge < -0.3 is 10.2 Å². The molecule has 1 aliphatic heterocycles. The number of rotatable bonds is 4. The van der Waals surface area contributed by atoms with Crippen LogP contribution >= 0.6 is 11.6 Å². The molecule has 0 spiro atoms. The van der Waals surface area contributed by atoms with Gasteiger partial charge in [0.1, 0.15) is 6.33 Å². The van der Waals surface area contributed by atoms with Crippen LogP contribution < -0.4 is 5.32 Å². The third-order valence-electron chi connectivity index (χ3n) is 4.99. The first-order valence-corrected chi connectivity index (χ1v) is 9.67.